The smallest absolute Gasteiger partial charge is 0.264 e. The second-order valence-corrected chi connectivity index (χ2v) is 7.49. The van der Waals surface area contributed by atoms with Crippen molar-refractivity contribution in [3.63, 3.8) is 0 Å². The monoisotopic (exact) mass is 366 g/mol. The molecule has 0 saturated carbocycles. The van der Waals surface area contributed by atoms with Crippen LogP contribution in [0.2, 0.25) is 0 Å². The van der Waals surface area contributed by atoms with Crippen molar-refractivity contribution in [1.29, 1.82) is 0 Å². The summed E-state index contributed by atoms with van der Waals surface area (Å²) in [5.74, 6) is 0.177. The predicted octanol–water partition coefficient (Wildman–Crippen LogP) is 1.40. The van der Waals surface area contributed by atoms with Gasteiger partial charge in [0.25, 0.3) is 5.56 Å². The second kappa shape index (κ2) is 8.05. The SMILES string of the molecule is O=C(CCc1ccc(=O)[nH]n1)N1CCN([C@@H]2CCc3ccccc3C2)CC1. The molecule has 1 aliphatic heterocycles. The maximum absolute atomic E-state index is 12.5. The number of fused-ring (bicyclic) bond motifs is 1. The Morgan fingerprint density at radius 1 is 1.07 bits per heavy atom. The maximum atomic E-state index is 12.5. The van der Waals surface area contributed by atoms with E-state index in [4.69, 9.17) is 0 Å². The predicted molar refractivity (Wildman–Crippen MR) is 104 cm³/mol. The summed E-state index contributed by atoms with van der Waals surface area (Å²) < 4.78 is 0. The van der Waals surface area contributed by atoms with Gasteiger partial charge in [0.2, 0.25) is 5.91 Å². The van der Waals surface area contributed by atoms with E-state index in [0.717, 1.165) is 44.7 Å². The number of amides is 1. The van der Waals surface area contributed by atoms with Crippen LogP contribution in [0.1, 0.15) is 29.7 Å². The van der Waals surface area contributed by atoms with Crippen molar-refractivity contribution < 1.29 is 4.79 Å². The minimum Gasteiger partial charge on any atom is -0.340 e. The van der Waals surface area contributed by atoms with Crippen LogP contribution in [0.15, 0.2) is 41.2 Å². The van der Waals surface area contributed by atoms with Crippen molar-refractivity contribution in [1.82, 2.24) is 20.0 Å². The highest BCUT2D eigenvalue weighted by molar-refractivity contribution is 5.76. The van der Waals surface area contributed by atoms with Gasteiger partial charge in [-0.3, -0.25) is 14.5 Å². The van der Waals surface area contributed by atoms with Crippen LogP contribution in [0.5, 0.6) is 0 Å². The molecule has 27 heavy (non-hydrogen) atoms. The van der Waals surface area contributed by atoms with Crippen LogP contribution in [0.4, 0.5) is 0 Å². The molecule has 1 amide bonds. The molecule has 1 fully saturated rings. The number of benzene rings is 1. The van der Waals surface area contributed by atoms with Gasteiger partial charge < -0.3 is 4.90 Å². The van der Waals surface area contributed by atoms with Gasteiger partial charge in [0, 0.05) is 51.1 Å². The van der Waals surface area contributed by atoms with Crippen molar-refractivity contribution in [2.45, 2.75) is 38.1 Å². The number of rotatable bonds is 4. The molecule has 142 valence electrons. The molecule has 2 aliphatic rings. The molecule has 1 atom stereocenters. The first-order valence-electron chi connectivity index (χ1n) is 9.82. The first-order valence-corrected chi connectivity index (χ1v) is 9.82. The lowest BCUT2D eigenvalue weighted by atomic mass is 9.87. The summed E-state index contributed by atoms with van der Waals surface area (Å²) in [5, 5.41) is 6.39. The molecule has 1 aromatic carbocycles. The van der Waals surface area contributed by atoms with Gasteiger partial charge in [-0.05, 0) is 36.5 Å². The number of piperazine rings is 1. The fourth-order valence-electron chi connectivity index (χ4n) is 4.23. The largest absolute Gasteiger partial charge is 0.340 e. The van der Waals surface area contributed by atoms with E-state index in [1.807, 2.05) is 4.90 Å². The third-order valence-corrected chi connectivity index (χ3v) is 5.84. The Labute approximate surface area is 159 Å². The van der Waals surface area contributed by atoms with Crippen LogP contribution < -0.4 is 5.56 Å². The summed E-state index contributed by atoms with van der Waals surface area (Å²) >= 11 is 0. The zero-order valence-corrected chi connectivity index (χ0v) is 15.6. The molecule has 6 heteroatoms. The first-order chi connectivity index (χ1) is 13.2. The van der Waals surface area contributed by atoms with Gasteiger partial charge in [0.05, 0.1) is 5.69 Å². The van der Waals surface area contributed by atoms with Gasteiger partial charge in [-0.15, -0.1) is 0 Å². The van der Waals surface area contributed by atoms with E-state index in [1.165, 1.54) is 23.6 Å². The van der Waals surface area contributed by atoms with Crippen molar-refractivity contribution in [3.05, 3.63) is 63.6 Å². The molecular weight excluding hydrogens is 340 g/mol. The fraction of sp³-hybridized carbons (Fsp3) is 0.476. The number of aromatic nitrogens is 2. The highest BCUT2D eigenvalue weighted by Gasteiger charge is 2.28. The number of nitrogens with zero attached hydrogens (tertiary/aromatic N) is 3. The summed E-state index contributed by atoms with van der Waals surface area (Å²) in [6, 6.07) is 12.5. The Kier molecular flexibility index (Phi) is 5.34. The Bertz CT molecular complexity index is 835. The van der Waals surface area contributed by atoms with Crippen LogP contribution in [-0.4, -0.2) is 58.1 Å². The number of nitrogens with one attached hydrogen (secondary N) is 1. The molecule has 2 heterocycles. The number of H-pyrrole nitrogens is 1. The molecule has 6 nitrogen and oxygen atoms in total. The third-order valence-electron chi connectivity index (χ3n) is 5.84. The van der Waals surface area contributed by atoms with E-state index in [0.29, 0.717) is 18.9 Å². The molecular formula is C21H26N4O2. The number of aromatic amines is 1. The average Bonchev–Trinajstić information content (AvgIpc) is 2.73. The standard InChI is InChI=1S/C21H26N4O2/c26-20-9-6-18(22-23-20)7-10-21(27)25-13-11-24(12-14-25)19-8-5-16-3-1-2-4-17(16)15-19/h1-4,6,9,19H,5,7-8,10-15H2,(H,23,26)/t19-/m1/s1. The normalized spacial score (nSPS) is 20.3. The average molecular weight is 366 g/mol. The summed E-state index contributed by atoms with van der Waals surface area (Å²) in [6.45, 7) is 3.51. The van der Waals surface area contributed by atoms with E-state index in [9.17, 15) is 9.59 Å². The highest BCUT2D eigenvalue weighted by Crippen LogP contribution is 2.25. The minimum absolute atomic E-state index is 0.177. The summed E-state index contributed by atoms with van der Waals surface area (Å²) in [4.78, 5) is 28.1. The van der Waals surface area contributed by atoms with Gasteiger partial charge in [0.15, 0.2) is 0 Å². The number of aryl methyl sites for hydroxylation is 2. The summed E-state index contributed by atoms with van der Waals surface area (Å²) in [5.41, 5.74) is 3.52. The zero-order chi connectivity index (χ0) is 18.6. The van der Waals surface area contributed by atoms with E-state index in [1.54, 1.807) is 6.07 Å². The number of carbonyl (C=O) groups is 1. The first kappa shape index (κ1) is 17.9. The van der Waals surface area contributed by atoms with Crippen LogP contribution in [0.3, 0.4) is 0 Å². The Hall–Kier alpha value is -2.47. The number of hydrogen-bond donors (Lipinski definition) is 1. The highest BCUT2D eigenvalue weighted by atomic mass is 16.2. The molecule has 1 saturated heterocycles. The summed E-state index contributed by atoms with van der Waals surface area (Å²) in [7, 11) is 0. The van der Waals surface area contributed by atoms with Crippen molar-refractivity contribution >= 4 is 5.91 Å². The Morgan fingerprint density at radius 2 is 1.85 bits per heavy atom. The molecule has 0 spiro atoms. The van der Waals surface area contributed by atoms with Crippen LogP contribution in [-0.2, 0) is 24.1 Å². The lowest BCUT2D eigenvalue weighted by Gasteiger charge is -2.41. The van der Waals surface area contributed by atoms with Crippen LogP contribution in [0, 0.1) is 0 Å². The molecule has 2 aromatic rings. The maximum Gasteiger partial charge on any atom is 0.264 e. The van der Waals surface area contributed by atoms with Crippen molar-refractivity contribution in [2.75, 3.05) is 26.2 Å². The topological polar surface area (TPSA) is 69.3 Å². The zero-order valence-electron chi connectivity index (χ0n) is 15.6. The Morgan fingerprint density at radius 3 is 2.59 bits per heavy atom. The molecule has 1 aliphatic carbocycles. The van der Waals surface area contributed by atoms with Gasteiger partial charge in [-0.25, -0.2) is 5.10 Å². The molecule has 1 aromatic heterocycles. The van der Waals surface area contributed by atoms with Gasteiger partial charge in [-0.2, -0.15) is 5.10 Å². The van der Waals surface area contributed by atoms with Crippen LogP contribution in [0.25, 0.3) is 0 Å². The van der Waals surface area contributed by atoms with E-state index < -0.39 is 0 Å². The molecule has 0 unspecified atom stereocenters. The Balaban J connectivity index is 1.26. The van der Waals surface area contributed by atoms with Gasteiger partial charge in [-0.1, -0.05) is 24.3 Å². The van der Waals surface area contributed by atoms with E-state index in [-0.39, 0.29) is 11.5 Å². The van der Waals surface area contributed by atoms with E-state index >= 15 is 0 Å². The lowest BCUT2D eigenvalue weighted by Crippen LogP contribution is -2.53. The minimum atomic E-state index is -0.216. The van der Waals surface area contributed by atoms with E-state index in [2.05, 4.69) is 39.4 Å². The van der Waals surface area contributed by atoms with Crippen molar-refractivity contribution in [3.8, 4) is 0 Å². The van der Waals surface area contributed by atoms with Gasteiger partial charge >= 0.3 is 0 Å². The second-order valence-electron chi connectivity index (χ2n) is 7.49. The number of carbonyl (C=O) groups excluding carboxylic acids is 1. The molecule has 0 bridgehead atoms. The van der Waals surface area contributed by atoms with Crippen molar-refractivity contribution in [2.24, 2.45) is 0 Å². The lowest BCUT2D eigenvalue weighted by molar-refractivity contribution is -0.133. The molecule has 1 N–H and O–H groups in total. The molecule has 0 radical (unpaired) electrons. The summed E-state index contributed by atoms with van der Waals surface area (Å²) in [6.07, 6.45) is 4.50. The van der Waals surface area contributed by atoms with Gasteiger partial charge in [0.1, 0.15) is 0 Å². The van der Waals surface area contributed by atoms with Crippen LogP contribution >= 0.6 is 0 Å². The third kappa shape index (κ3) is 4.27. The fourth-order valence-corrected chi connectivity index (χ4v) is 4.23. The quantitative estimate of drug-likeness (QED) is 0.888. The molecule has 4 rings (SSSR count). The number of hydrogen-bond acceptors (Lipinski definition) is 4.